The van der Waals surface area contributed by atoms with Gasteiger partial charge < -0.3 is 14.2 Å². The molecule has 1 amide bonds. The highest BCUT2D eigenvalue weighted by Gasteiger charge is 2.37. The number of rotatable bonds is 1. The number of aromatic nitrogens is 1. The SMILES string of the molecule is Cn1cc(Br)cc1C(=O)N1CCS[C@H]2COCC[C@H]21. The quantitative estimate of drug-likeness (QED) is 0.782. The summed E-state index contributed by atoms with van der Waals surface area (Å²) in [5.74, 6) is 1.15. The van der Waals surface area contributed by atoms with E-state index in [1.807, 2.05) is 40.5 Å². The molecule has 0 bridgehead atoms. The second kappa shape index (κ2) is 5.50. The van der Waals surface area contributed by atoms with Gasteiger partial charge in [0, 0.05) is 47.9 Å². The number of thioether (sulfide) groups is 1. The van der Waals surface area contributed by atoms with Gasteiger partial charge in [0.25, 0.3) is 5.91 Å². The Kier molecular flexibility index (Phi) is 3.91. The molecule has 2 fully saturated rings. The van der Waals surface area contributed by atoms with Gasteiger partial charge in [-0.15, -0.1) is 0 Å². The van der Waals surface area contributed by atoms with Crippen LogP contribution in [0.25, 0.3) is 0 Å². The minimum Gasteiger partial charge on any atom is -0.380 e. The van der Waals surface area contributed by atoms with Crippen LogP contribution in [0.2, 0.25) is 0 Å². The van der Waals surface area contributed by atoms with E-state index in [9.17, 15) is 4.79 Å². The van der Waals surface area contributed by atoms with E-state index in [0.717, 1.165) is 42.1 Å². The van der Waals surface area contributed by atoms with E-state index in [1.165, 1.54) is 0 Å². The highest BCUT2D eigenvalue weighted by Crippen LogP contribution is 2.31. The zero-order valence-electron chi connectivity index (χ0n) is 10.8. The lowest BCUT2D eigenvalue weighted by Gasteiger charge is -2.43. The average molecular weight is 345 g/mol. The molecule has 104 valence electrons. The summed E-state index contributed by atoms with van der Waals surface area (Å²) < 4.78 is 8.37. The van der Waals surface area contributed by atoms with Crippen molar-refractivity contribution in [2.75, 3.05) is 25.5 Å². The third kappa shape index (κ3) is 2.58. The van der Waals surface area contributed by atoms with Crippen molar-refractivity contribution < 1.29 is 9.53 Å². The summed E-state index contributed by atoms with van der Waals surface area (Å²) in [6, 6.07) is 2.23. The fourth-order valence-electron chi connectivity index (χ4n) is 2.82. The monoisotopic (exact) mass is 344 g/mol. The van der Waals surface area contributed by atoms with Crippen molar-refractivity contribution in [2.45, 2.75) is 17.7 Å². The molecule has 0 saturated carbocycles. The maximum absolute atomic E-state index is 12.7. The van der Waals surface area contributed by atoms with Crippen LogP contribution in [-0.4, -0.2) is 52.2 Å². The van der Waals surface area contributed by atoms with Crippen LogP contribution in [-0.2, 0) is 11.8 Å². The smallest absolute Gasteiger partial charge is 0.270 e. The highest BCUT2D eigenvalue weighted by molar-refractivity contribution is 9.10. The van der Waals surface area contributed by atoms with Crippen molar-refractivity contribution in [3.63, 3.8) is 0 Å². The number of amides is 1. The first-order valence-corrected chi connectivity index (χ1v) is 8.33. The third-order valence-electron chi connectivity index (χ3n) is 3.79. The van der Waals surface area contributed by atoms with Crippen molar-refractivity contribution in [3.05, 3.63) is 22.4 Å². The van der Waals surface area contributed by atoms with Crippen molar-refractivity contribution in [2.24, 2.45) is 7.05 Å². The van der Waals surface area contributed by atoms with Gasteiger partial charge in [-0.2, -0.15) is 11.8 Å². The van der Waals surface area contributed by atoms with Gasteiger partial charge in [-0.1, -0.05) is 0 Å². The van der Waals surface area contributed by atoms with E-state index in [-0.39, 0.29) is 5.91 Å². The molecule has 0 radical (unpaired) electrons. The fraction of sp³-hybridized carbons (Fsp3) is 0.615. The lowest BCUT2D eigenvalue weighted by atomic mass is 10.1. The van der Waals surface area contributed by atoms with Crippen LogP contribution in [0.4, 0.5) is 0 Å². The Morgan fingerprint density at radius 1 is 1.58 bits per heavy atom. The number of aryl methyl sites for hydroxylation is 1. The van der Waals surface area contributed by atoms with Gasteiger partial charge in [-0.25, -0.2) is 0 Å². The lowest BCUT2D eigenvalue weighted by Crippen LogP contribution is -2.54. The van der Waals surface area contributed by atoms with Crippen LogP contribution < -0.4 is 0 Å². The average Bonchev–Trinajstić information content (AvgIpc) is 2.76. The summed E-state index contributed by atoms with van der Waals surface area (Å²) in [6.45, 7) is 2.38. The molecule has 1 aromatic heterocycles. The van der Waals surface area contributed by atoms with Gasteiger partial charge in [-0.3, -0.25) is 4.79 Å². The molecule has 0 spiro atoms. The van der Waals surface area contributed by atoms with Crippen LogP contribution in [0.5, 0.6) is 0 Å². The van der Waals surface area contributed by atoms with E-state index >= 15 is 0 Å². The minimum absolute atomic E-state index is 0.144. The second-order valence-corrected chi connectivity index (χ2v) is 7.26. The summed E-state index contributed by atoms with van der Waals surface area (Å²) in [7, 11) is 1.91. The predicted molar refractivity (Wildman–Crippen MR) is 79.6 cm³/mol. The molecule has 4 nitrogen and oxygen atoms in total. The van der Waals surface area contributed by atoms with Gasteiger partial charge in [0.2, 0.25) is 0 Å². The van der Waals surface area contributed by atoms with Crippen LogP contribution in [0.3, 0.4) is 0 Å². The fourth-order valence-corrected chi connectivity index (χ4v) is 4.65. The van der Waals surface area contributed by atoms with Crippen molar-refractivity contribution in [3.8, 4) is 0 Å². The number of halogens is 1. The lowest BCUT2D eigenvalue weighted by molar-refractivity contribution is 0.0313. The Labute approximate surface area is 125 Å². The molecule has 6 heteroatoms. The second-order valence-electron chi connectivity index (χ2n) is 4.99. The summed E-state index contributed by atoms with van der Waals surface area (Å²) in [5, 5.41) is 0.440. The first-order valence-electron chi connectivity index (χ1n) is 6.49. The molecule has 2 saturated heterocycles. The Balaban J connectivity index is 1.83. The Hall–Kier alpha value is -0.460. The molecular weight excluding hydrogens is 328 g/mol. The van der Waals surface area contributed by atoms with E-state index in [2.05, 4.69) is 15.9 Å². The van der Waals surface area contributed by atoms with Gasteiger partial charge in [0.1, 0.15) is 5.69 Å². The number of carbonyl (C=O) groups excluding carboxylic acids is 1. The van der Waals surface area contributed by atoms with Crippen molar-refractivity contribution in [1.82, 2.24) is 9.47 Å². The summed E-state index contributed by atoms with van der Waals surface area (Å²) in [6.07, 6.45) is 2.88. The minimum atomic E-state index is 0.144. The maximum atomic E-state index is 12.7. The standard InChI is InChI=1S/C13H17BrN2O2S/c1-15-7-9(14)6-11(15)13(17)16-3-5-19-12-8-18-4-2-10(12)16/h6-7,10,12H,2-5,8H2,1H3/t10-,12+/m1/s1. The largest absolute Gasteiger partial charge is 0.380 e. The molecule has 3 heterocycles. The molecule has 0 unspecified atom stereocenters. The molecular formula is C13H17BrN2O2S. The molecule has 0 aromatic carbocycles. The molecule has 1 aromatic rings. The predicted octanol–water partition coefficient (Wildman–Crippen LogP) is 2.13. The highest BCUT2D eigenvalue weighted by atomic mass is 79.9. The molecule has 2 aliphatic heterocycles. The number of ether oxygens (including phenoxy) is 1. The Bertz CT molecular complexity index is 489. The molecule has 0 N–H and O–H groups in total. The molecule has 2 aliphatic rings. The zero-order valence-corrected chi connectivity index (χ0v) is 13.2. The number of carbonyl (C=O) groups is 1. The number of nitrogens with zero attached hydrogens (tertiary/aromatic N) is 2. The number of fused-ring (bicyclic) bond motifs is 1. The Morgan fingerprint density at radius 3 is 3.16 bits per heavy atom. The van der Waals surface area contributed by atoms with Crippen molar-refractivity contribution in [1.29, 1.82) is 0 Å². The first-order chi connectivity index (χ1) is 9.16. The summed E-state index contributed by atoms with van der Waals surface area (Å²) >= 11 is 5.37. The summed E-state index contributed by atoms with van der Waals surface area (Å²) in [4.78, 5) is 14.8. The van der Waals surface area contributed by atoms with E-state index in [1.54, 1.807) is 0 Å². The van der Waals surface area contributed by atoms with Crippen LogP contribution in [0, 0.1) is 0 Å². The van der Waals surface area contributed by atoms with E-state index in [4.69, 9.17) is 4.74 Å². The molecule has 19 heavy (non-hydrogen) atoms. The number of hydrogen-bond donors (Lipinski definition) is 0. The Morgan fingerprint density at radius 2 is 2.42 bits per heavy atom. The van der Waals surface area contributed by atoms with E-state index < -0.39 is 0 Å². The third-order valence-corrected chi connectivity index (χ3v) is 5.52. The normalized spacial score (nSPS) is 27.2. The van der Waals surface area contributed by atoms with Gasteiger partial charge in [-0.05, 0) is 28.4 Å². The van der Waals surface area contributed by atoms with Gasteiger partial charge in [0.15, 0.2) is 0 Å². The van der Waals surface area contributed by atoms with E-state index in [0.29, 0.717) is 11.3 Å². The maximum Gasteiger partial charge on any atom is 0.270 e. The van der Waals surface area contributed by atoms with Gasteiger partial charge in [0.05, 0.1) is 6.61 Å². The number of hydrogen-bond acceptors (Lipinski definition) is 3. The summed E-state index contributed by atoms with van der Waals surface area (Å²) in [5.41, 5.74) is 0.754. The molecule has 0 aliphatic carbocycles. The van der Waals surface area contributed by atoms with Crippen LogP contribution >= 0.6 is 27.7 Å². The van der Waals surface area contributed by atoms with Crippen molar-refractivity contribution >= 4 is 33.6 Å². The van der Waals surface area contributed by atoms with Gasteiger partial charge >= 0.3 is 0 Å². The van der Waals surface area contributed by atoms with Crippen LogP contribution in [0.1, 0.15) is 16.9 Å². The topological polar surface area (TPSA) is 34.5 Å². The molecule has 3 rings (SSSR count). The first kappa shape index (κ1) is 13.5. The van der Waals surface area contributed by atoms with Crippen LogP contribution in [0.15, 0.2) is 16.7 Å². The molecule has 2 atom stereocenters. The zero-order chi connectivity index (χ0) is 13.4.